The lowest BCUT2D eigenvalue weighted by molar-refractivity contribution is -0.118. The van der Waals surface area contributed by atoms with Gasteiger partial charge in [-0.3, -0.25) is 9.52 Å². The quantitative estimate of drug-likeness (QED) is 0.405. The van der Waals surface area contributed by atoms with Crippen molar-refractivity contribution >= 4 is 27.3 Å². The van der Waals surface area contributed by atoms with Crippen LogP contribution in [0.3, 0.4) is 0 Å². The second kappa shape index (κ2) is 11.5. The van der Waals surface area contributed by atoms with Gasteiger partial charge in [-0.25, -0.2) is 8.42 Å². The Hall–Kier alpha value is -3.92. The third kappa shape index (κ3) is 6.80. The number of carbonyl (C=O) groups is 1. The number of hydrogen-bond acceptors (Lipinski definition) is 7. The van der Waals surface area contributed by atoms with E-state index >= 15 is 0 Å². The van der Waals surface area contributed by atoms with Crippen LogP contribution in [0.5, 0.6) is 23.0 Å². The van der Waals surface area contributed by atoms with E-state index < -0.39 is 15.9 Å². The molecular formula is C25H28N2O7S. The van der Waals surface area contributed by atoms with Crippen LogP contribution in [0.4, 0.5) is 11.4 Å². The van der Waals surface area contributed by atoms with Gasteiger partial charge in [0.25, 0.3) is 15.9 Å². The van der Waals surface area contributed by atoms with E-state index in [0.717, 1.165) is 0 Å². The van der Waals surface area contributed by atoms with Crippen molar-refractivity contribution < 1.29 is 32.2 Å². The minimum atomic E-state index is -3.82. The van der Waals surface area contributed by atoms with Crippen molar-refractivity contribution in [1.82, 2.24) is 0 Å². The highest BCUT2D eigenvalue weighted by molar-refractivity contribution is 7.92. The third-order valence-corrected chi connectivity index (χ3v) is 6.29. The summed E-state index contributed by atoms with van der Waals surface area (Å²) in [6.07, 6.45) is 0. The van der Waals surface area contributed by atoms with E-state index in [2.05, 4.69) is 10.0 Å². The number of hydrogen-bond donors (Lipinski definition) is 2. The highest BCUT2D eigenvalue weighted by atomic mass is 32.2. The van der Waals surface area contributed by atoms with Gasteiger partial charge in [0.1, 0.15) is 23.0 Å². The van der Waals surface area contributed by atoms with E-state index in [0.29, 0.717) is 46.5 Å². The summed E-state index contributed by atoms with van der Waals surface area (Å²) >= 11 is 0. The maximum absolute atomic E-state index is 12.8. The number of carbonyl (C=O) groups excluding carboxylic acids is 1. The molecule has 9 nitrogen and oxygen atoms in total. The van der Waals surface area contributed by atoms with Crippen LogP contribution in [0.15, 0.2) is 65.6 Å². The number of ether oxygens (including phenoxy) is 4. The fourth-order valence-corrected chi connectivity index (χ4v) is 4.34. The third-order valence-electron chi connectivity index (χ3n) is 4.91. The van der Waals surface area contributed by atoms with Gasteiger partial charge >= 0.3 is 0 Å². The van der Waals surface area contributed by atoms with E-state index in [9.17, 15) is 13.2 Å². The van der Waals surface area contributed by atoms with Crippen molar-refractivity contribution in [2.75, 3.05) is 37.5 Å². The highest BCUT2D eigenvalue weighted by Gasteiger charge is 2.17. The average Bonchev–Trinajstić information content (AvgIpc) is 2.84. The minimum absolute atomic E-state index is 0.0711. The SMILES string of the molecule is CCOc1ccc(NS(=O)(=O)c2ccc(OCC(=O)Nc3cc(OC)ccc3OC)c(C)c2)cc1. The molecule has 0 spiro atoms. The second-order valence-electron chi connectivity index (χ2n) is 7.39. The molecule has 186 valence electrons. The van der Waals surface area contributed by atoms with Gasteiger partial charge in [0.15, 0.2) is 6.61 Å². The molecule has 0 radical (unpaired) electrons. The Balaban J connectivity index is 1.64. The molecule has 0 atom stereocenters. The van der Waals surface area contributed by atoms with Crippen LogP contribution in [0.2, 0.25) is 0 Å². The lowest BCUT2D eigenvalue weighted by Crippen LogP contribution is -2.21. The van der Waals surface area contributed by atoms with Gasteiger partial charge < -0.3 is 24.3 Å². The molecule has 0 heterocycles. The first kappa shape index (κ1) is 25.7. The van der Waals surface area contributed by atoms with Gasteiger partial charge in [-0.15, -0.1) is 0 Å². The van der Waals surface area contributed by atoms with Crippen LogP contribution in [0, 0.1) is 6.92 Å². The highest BCUT2D eigenvalue weighted by Crippen LogP contribution is 2.29. The normalized spacial score (nSPS) is 10.9. The summed E-state index contributed by atoms with van der Waals surface area (Å²) in [6, 6.07) is 16.1. The summed E-state index contributed by atoms with van der Waals surface area (Å²) in [5, 5.41) is 2.72. The summed E-state index contributed by atoms with van der Waals surface area (Å²) in [4.78, 5) is 12.5. The predicted octanol–water partition coefficient (Wildman–Crippen LogP) is 4.23. The molecular weight excluding hydrogens is 472 g/mol. The zero-order chi connectivity index (χ0) is 25.4. The predicted molar refractivity (Wildman–Crippen MR) is 133 cm³/mol. The molecule has 35 heavy (non-hydrogen) atoms. The van der Waals surface area contributed by atoms with Gasteiger partial charge in [-0.1, -0.05) is 0 Å². The van der Waals surface area contributed by atoms with Crippen LogP contribution in [-0.4, -0.2) is 41.8 Å². The molecule has 0 aliphatic carbocycles. The number of methoxy groups -OCH3 is 2. The Morgan fingerprint density at radius 1 is 0.857 bits per heavy atom. The van der Waals surface area contributed by atoms with Crippen LogP contribution >= 0.6 is 0 Å². The van der Waals surface area contributed by atoms with Crippen molar-refractivity contribution in [1.29, 1.82) is 0 Å². The first-order valence-corrected chi connectivity index (χ1v) is 12.2. The van der Waals surface area contributed by atoms with Crippen molar-refractivity contribution in [3.8, 4) is 23.0 Å². The molecule has 1 amide bonds. The van der Waals surface area contributed by atoms with Gasteiger partial charge in [-0.05, 0) is 74.0 Å². The summed E-state index contributed by atoms with van der Waals surface area (Å²) < 4.78 is 49.5. The molecule has 0 bridgehead atoms. The lowest BCUT2D eigenvalue weighted by Gasteiger charge is -2.14. The minimum Gasteiger partial charge on any atom is -0.497 e. The van der Waals surface area contributed by atoms with Crippen molar-refractivity contribution in [2.24, 2.45) is 0 Å². The number of amides is 1. The Kier molecular flexibility index (Phi) is 8.43. The molecule has 0 unspecified atom stereocenters. The summed E-state index contributed by atoms with van der Waals surface area (Å²) in [6.45, 7) is 3.82. The van der Waals surface area contributed by atoms with E-state index in [4.69, 9.17) is 18.9 Å². The van der Waals surface area contributed by atoms with E-state index in [1.54, 1.807) is 49.4 Å². The molecule has 0 aliphatic rings. The van der Waals surface area contributed by atoms with E-state index in [1.165, 1.54) is 32.4 Å². The number of sulfonamides is 1. The first-order chi connectivity index (χ1) is 16.7. The maximum atomic E-state index is 12.8. The van der Waals surface area contributed by atoms with Gasteiger partial charge in [0.05, 0.1) is 31.4 Å². The Labute approximate surface area is 205 Å². The molecule has 0 saturated carbocycles. The molecule has 0 aromatic heterocycles. The fraction of sp³-hybridized carbons (Fsp3) is 0.240. The van der Waals surface area contributed by atoms with Crippen LogP contribution in [-0.2, 0) is 14.8 Å². The monoisotopic (exact) mass is 500 g/mol. The Bertz CT molecular complexity index is 1280. The summed E-state index contributed by atoms with van der Waals surface area (Å²) in [5.74, 6) is 1.67. The molecule has 0 saturated heterocycles. The molecule has 3 aromatic rings. The number of rotatable bonds is 11. The van der Waals surface area contributed by atoms with Gasteiger partial charge in [-0.2, -0.15) is 0 Å². The van der Waals surface area contributed by atoms with E-state index in [-0.39, 0.29) is 11.5 Å². The number of benzene rings is 3. The largest absolute Gasteiger partial charge is 0.497 e. The fourth-order valence-electron chi connectivity index (χ4n) is 3.19. The van der Waals surface area contributed by atoms with Crippen molar-refractivity contribution in [2.45, 2.75) is 18.7 Å². The van der Waals surface area contributed by atoms with Crippen molar-refractivity contribution in [3.63, 3.8) is 0 Å². The smallest absolute Gasteiger partial charge is 0.262 e. The van der Waals surface area contributed by atoms with Gasteiger partial charge in [0.2, 0.25) is 0 Å². The Morgan fingerprint density at radius 2 is 1.54 bits per heavy atom. The molecule has 0 fully saturated rings. The average molecular weight is 501 g/mol. The number of nitrogens with one attached hydrogen (secondary N) is 2. The molecule has 0 aliphatic heterocycles. The number of anilines is 2. The Morgan fingerprint density at radius 3 is 2.17 bits per heavy atom. The second-order valence-corrected chi connectivity index (χ2v) is 9.08. The van der Waals surface area contributed by atoms with Crippen LogP contribution in [0.25, 0.3) is 0 Å². The standard InChI is InChI=1S/C25H28N2O7S/c1-5-33-19-8-6-18(7-9-19)27-35(29,30)21-11-13-23(17(2)14-21)34-16-25(28)26-22-15-20(31-3)10-12-24(22)32-4/h6-15,27H,5,16H2,1-4H3,(H,26,28). The summed E-state index contributed by atoms with van der Waals surface area (Å²) in [5.41, 5.74) is 1.42. The molecule has 3 rings (SSSR count). The topological polar surface area (TPSA) is 112 Å². The summed E-state index contributed by atoms with van der Waals surface area (Å²) in [7, 11) is -0.793. The maximum Gasteiger partial charge on any atom is 0.262 e. The van der Waals surface area contributed by atoms with Gasteiger partial charge in [0, 0.05) is 11.8 Å². The zero-order valence-corrected chi connectivity index (χ0v) is 20.8. The van der Waals surface area contributed by atoms with Crippen LogP contribution < -0.4 is 29.0 Å². The van der Waals surface area contributed by atoms with Crippen LogP contribution in [0.1, 0.15) is 12.5 Å². The van der Waals surface area contributed by atoms with E-state index in [1.807, 2.05) is 6.92 Å². The zero-order valence-electron chi connectivity index (χ0n) is 20.0. The lowest BCUT2D eigenvalue weighted by atomic mass is 10.2. The van der Waals surface area contributed by atoms with Crippen molar-refractivity contribution in [3.05, 3.63) is 66.2 Å². The molecule has 2 N–H and O–H groups in total. The molecule has 3 aromatic carbocycles. The number of aryl methyl sites for hydroxylation is 1. The first-order valence-electron chi connectivity index (χ1n) is 10.8. The molecule has 10 heteroatoms.